The molecule has 1 aromatic carbocycles. The summed E-state index contributed by atoms with van der Waals surface area (Å²) in [5, 5.41) is 1.28. The molecule has 0 radical (unpaired) electrons. The Morgan fingerprint density at radius 3 is 2.45 bits per heavy atom. The fourth-order valence-electron chi connectivity index (χ4n) is 3.65. The quantitative estimate of drug-likeness (QED) is 0.683. The van der Waals surface area contributed by atoms with Gasteiger partial charge >= 0.3 is 0 Å². The van der Waals surface area contributed by atoms with E-state index in [0.717, 1.165) is 4.90 Å². The number of carbonyl (C=O) groups excluding carboxylic acids is 2. The van der Waals surface area contributed by atoms with Gasteiger partial charge in [-0.25, -0.2) is 4.98 Å². The van der Waals surface area contributed by atoms with Gasteiger partial charge in [-0.15, -0.1) is 0 Å². The summed E-state index contributed by atoms with van der Waals surface area (Å²) in [4.78, 5) is 36.8. The van der Waals surface area contributed by atoms with Crippen LogP contribution in [-0.4, -0.2) is 90.5 Å². The zero-order valence-electron chi connectivity index (χ0n) is 17.2. The Hall–Kier alpha value is -2.13. The average Bonchev–Trinajstić information content (AvgIpc) is 2.81. The van der Waals surface area contributed by atoms with E-state index in [2.05, 4.69) is 9.88 Å². The zero-order chi connectivity index (χ0) is 21.6. The third-order valence-corrected chi connectivity index (χ3v) is 6.96. The highest BCUT2D eigenvalue weighted by atomic mass is 35.5. The number of aromatic nitrogens is 1. The number of piperazine rings is 1. The highest BCUT2D eigenvalue weighted by Crippen LogP contribution is 2.34. The van der Waals surface area contributed by atoms with Gasteiger partial charge in [0.05, 0.1) is 30.3 Å². The molecule has 31 heavy (non-hydrogen) atoms. The lowest BCUT2D eigenvalue weighted by atomic mass is 10.2. The largest absolute Gasteiger partial charge is 0.378 e. The van der Waals surface area contributed by atoms with Gasteiger partial charge in [-0.2, -0.15) is 0 Å². The number of hydrogen-bond acceptors (Lipinski definition) is 6. The van der Waals surface area contributed by atoms with Crippen LogP contribution in [0.15, 0.2) is 52.5 Å². The summed E-state index contributed by atoms with van der Waals surface area (Å²) in [6, 6.07) is 11.1. The van der Waals surface area contributed by atoms with Crippen LogP contribution in [0.25, 0.3) is 0 Å². The van der Waals surface area contributed by atoms with Gasteiger partial charge in [0.1, 0.15) is 5.03 Å². The second-order valence-electron chi connectivity index (χ2n) is 7.45. The molecule has 0 aliphatic carbocycles. The Kier molecular flexibility index (Phi) is 7.45. The first-order valence-electron chi connectivity index (χ1n) is 10.4. The van der Waals surface area contributed by atoms with Crippen LogP contribution in [0.3, 0.4) is 0 Å². The molecule has 0 spiro atoms. The predicted octanol–water partition coefficient (Wildman–Crippen LogP) is 2.50. The molecule has 2 aliphatic rings. The first-order valence-corrected chi connectivity index (χ1v) is 11.6. The van der Waals surface area contributed by atoms with Crippen LogP contribution in [0.2, 0.25) is 5.02 Å². The van der Waals surface area contributed by atoms with Gasteiger partial charge in [0, 0.05) is 50.4 Å². The van der Waals surface area contributed by atoms with E-state index in [4.69, 9.17) is 16.3 Å². The standard InChI is InChI=1S/C22H25ClN4O3S/c23-18-5-1-2-6-19(18)31-21-17(4-3-7-24-21)22(29)27-10-8-25(9-11-27)16-20(28)26-12-14-30-15-13-26/h1-7H,8-16H2. The van der Waals surface area contributed by atoms with Gasteiger partial charge in [-0.3, -0.25) is 14.5 Å². The molecule has 2 aliphatic heterocycles. The number of halogens is 1. The molecule has 1 aromatic heterocycles. The first kappa shape index (κ1) is 22.1. The number of hydrogen-bond donors (Lipinski definition) is 0. The summed E-state index contributed by atoms with van der Waals surface area (Å²) < 4.78 is 5.31. The summed E-state index contributed by atoms with van der Waals surface area (Å²) in [5.74, 6) is 0.0931. The molecule has 0 saturated carbocycles. The second-order valence-corrected chi connectivity index (χ2v) is 8.89. The van der Waals surface area contributed by atoms with E-state index in [0.29, 0.717) is 74.6 Å². The number of carbonyl (C=O) groups is 2. The Morgan fingerprint density at radius 1 is 0.968 bits per heavy atom. The Morgan fingerprint density at radius 2 is 1.71 bits per heavy atom. The van der Waals surface area contributed by atoms with Crippen molar-refractivity contribution in [3.63, 3.8) is 0 Å². The summed E-state index contributed by atoms with van der Waals surface area (Å²) in [6.45, 7) is 5.43. The first-order chi connectivity index (χ1) is 15.1. The van der Waals surface area contributed by atoms with Crippen molar-refractivity contribution in [2.24, 2.45) is 0 Å². The number of rotatable bonds is 5. The molecule has 2 fully saturated rings. The van der Waals surface area contributed by atoms with Crippen LogP contribution < -0.4 is 0 Å². The fourth-order valence-corrected chi connectivity index (χ4v) is 4.80. The van der Waals surface area contributed by atoms with Crippen LogP contribution in [0.1, 0.15) is 10.4 Å². The van der Waals surface area contributed by atoms with Gasteiger partial charge in [-0.1, -0.05) is 35.5 Å². The Bertz CT molecular complexity index is 930. The molecule has 0 atom stereocenters. The molecule has 0 bridgehead atoms. The second kappa shape index (κ2) is 10.5. The molecule has 0 unspecified atom stereocenters. The molecule has 2 saturated heterocycles. The maximum absolute atomic E-state index is 13.2. The normalized spacial score (nSPS) is 17.6. The number of benzene rings is 1. The highest BCUT2D eigenvalue weighted by Gasteiger charge is 2.27. The van der Waals surface area contributed by atoms with E-state index in [1.54, 1.807) is 12.3 Å². The van der Waals surface area contributed by atoms with Gasteiger partial charge in [0.2, 0.25) is 5.91 Å². The SMILES string of the molecule is O=C(CN1CCN(C(=O)c2cccnc2Sc2ccccc2Cl)CC1)N1CCOCC1. The highest BCUT2D eigenvalue weighted by molar-refractivity contribution is 7.99. The van der Waals surface area contributed by atoms with Crippen LogP contribution in [0.4, 0.5) is 0 Å². The summed E-state index contributed by atoms with van der Waals surface area (Å²) in [7, 11) is 0. The van der Waals surface area contributed by atoms with Gasteiger partial charge < -0.3 is 14.5 Å². The molecule has 2 aromatic rings. The molecule has 7 nitrogen and oxygen atoms in total. The molecule has 4 rings (SSSR count). The lowest BCUT2D eigenvalue weighted by molar-refractivity contribution is -0.136. The van der Waals surface area contributed by atoms with Crippen molar-refractivity contribution in [2.45, 2.75) is 9.92 Å². The lowest BCUT2D eigenvalue weighted by Gasteiger charge is -2.36. The zero-order valence-corrected chi connectivity index (χ0v) is 18.8. The maximum Gasteiger partial charge on any atom is 0.256 e. The van der Waals surface area contributed by atoms with E-state index in [1.807, 2.05) is 40.1 Å². The lowest BCUT2D eigenvalue weighted by Crippen LogP contribution is -2.52. The van der Waals surface area contributed by atoms with Crippen LogP contribution in [0, 0.1) is 0 Å². The number of nitrogens with zero attached hydrogens (tertiary/aromatic N) is 4. The summed E-state index contributed by atoms with van der Waals surface area (Å²) >= 11 is 7.68. The van der Waals surface area contributed by atoms with Crippen LogP contribution in [-0.2, 0) is 9.53 Å². The minimum absolute atomic E-state index is 0.0400. The smallest absolute Gasteiger partial charge is 0.256 e. The predicted molar refractivity (Wildman–Crippen MR) is 120 cm³/mol. The van der Waals surface area contributed by atoms with Crippen molar-refractivity contribution >= 4 is 35.2 Å². The van der Waals surface area contributed by atoms with E-state index in [9.17, 15) is 9.59 Å². The van der Waals surface area contributed by atoms with Gasteiger partial charge in [-0.05, 0) is 24.3 Å². The van der Waals surface area contributed by atoms with E-state index in [-0.39, 0.29) is 11.8 Å². The van der Waals surface area contributed by atoms with Crippen molar-refractivity contribution in [1.82, 2.24) is 19.7 Å². The third kappa shape index (κ3) is 5.57. The number of ether oxygens (including phenoxy) is 1. The monoisotopic (exact) mass is 460 g/mol. The molecule has 3 heterocycles. The van der Waals surface area contributed by atoms with Gasteiger partial charge in [0.25, 0.3) is 5.91 Å². The molecule has 164 valence electrons. The molecule has 2 amide bonds. The maximum atomic E-state index is 13.2. The minimum atomic E-state index is -0.0400. The van der Waals surface area contributed by atoms with Crippen LogP contribution >= 0.6 is 23.4 Å². The van der Waals surface area contributed by atoms with Gasteiger partial charge in [0.15, 0.2) is 0 Å². The number of morpholine rings is 1. The van der Waals surface area contributed by atoms with Crippen molar-refractivity contribution in [1.29, 1.82) is 0 Å². The summed E-state index contributed by atoms with van der Waals surface area (Å²) in [5.41, 5.74) is 0.574. The molecule has 9 heteroatoms. The average molecular weight is 461 g/mol. The van der Waals surface area contributed by atoms with E-state index >= 15 is 0 Å². The van der Waals surface area contributed by atoms with E-state index < -0.39 is 0 Å². The van der Waals surface area contributed by atoms with Crippen molar-refractivity contribution in [2.75, 3.05) is 59.0 Å². The summed E-state index contributed by atoms with van der Waals surface area (Å²) in [6.07, 6.45) is 1.69. The van der Waals surface area contributed by atoms with Crippen molar-refractivity contribution in [3.8, 4) is 0 Å². The third-order valence-electron chi connectivity index (χ3n) is 5.43. The number of pyridine rings is 1. The Balaban J connectivity index is 1.36. The van der Waals surface area contributed by atoms with E-state index in [1.165, 1.54) is 11.8 Å². The van der Waals surface area contributed by atoms with Crippen molar-refractivity contribution in [3.05, 3.63) is 53.2 Å². The topological polar surface area (TPSA) is 66.0 Å². The fraction of sp³-hybridized carbons (Fsp3) is 0.409. The molecular weight excluding hydrogens is 436 g/mol. The number of amides is 2. The van der Waals surface area contributed by atoms with Crippen LogP contribution in [0.5, 0.6) is 0 Å². The molecular formula is C22H25ClN4O3S. The van der Waals surface area contributed by atoms with Crippen molar-refractivity contribution < 1.29 is 14.3 Å². The Labute approximate surface area is 191 Å². The minimum Gasteiger partial charge on any atom is -0.378 e. The molecule has 0 N–H and O–H groups in total.